The summed E-state index contributed by atoms with van der Waals surface area (Å²) in [5, 5.41) is 6.07. The van der Waals surface area contributed by atoms with E-state index in [1.165, 1.54) is 7.11 Å². The number of rotatable bonds is 11. The summed E-state index contributed by atoms with van der Waals surface area (Å²) in [4.78, 5) is 13.6. The number of halogens is 1. The first kappa shape index (κ1) is 26.9. The van der Waals surface area contributed by atoms with Crippen LogP contribution in [0.5, 0.6) is 5.75 Å². The van der Waals surface area contributed by atoms with Crippen molar-refractivity contribution in [3.05, 3.63) is 52.2 Å². The van der Waals surface area contributed by atoms with Crippen molar-refractivity contribution >= 4 is 34.2 Å². The number of hydrogen-bond donors (Lipinski definition) is 0. The van der Waals surface area contributed by atoms with Crippen molar-refractivity contribution in [3.8, 4) is 5.75 Å². The van der Waals surface area contributed by atoms with E-state index in [0.29, 0.717) is 11.6 Å². The minimum Gasteiger partial charge on any atom is -0.493 e. The highest BCUT2D eigenvalue weighted by Gasteiger charge is 2.20. The maximum atomic E-state index is 11.5. The van der Waals surface area contributed by atoms with E-state index in [-0.39, 0.29) is 17.8 Å². The van der Waals surface area contributed by atoms with Gasteiger partial charge in [0.25, 0.3) is 0 Å². The number of hydrogen-bond acceptors (Lipinski definition) is 6. The fraction of sp³-hybridized carbons (Fsp3) is 0.500. The molecule has 0 unspecified atom stereocenters. The first-order chi connectivity index (χ1) is 16.6. The molecule has 35 heavy (non-hydrogen) atoms. The number of esters is 1. The Kier molecular flexibility index (Phi) is 9.06. The molecule has 7 heteroatoms. The molecule has 0 aliphatic carbocycles. The summed E-state index contributed by atoms with van der Waals surface area (Å²) in [6.07, 6.45) is 3.78. The lowest BCUT2D eigenvalue weighted by atomic mass is 9.89. The molecule has 3 aromatic rings. The predicted molar refractivity (Wildman–Crippen MR) is 142 cm³/mol. The largest absolute Gasteiger partial charge is 0.493 e. The van der Waals surface area contributed by atoms with Crippen molar-refractivity contribution in [1.82, 2.24) is 5.16 Å². The number of ether oxygens (including phenoxy) is 2. The molecule has 2 aromatic carbocycles. The Labute approximate surface area is 213 Å². The van der Waals surface area contributed by atoms with E-state index in [2.05, 4.69) is 49.9 Å². The van der Waals surface area contributed by atoms with Crippen LogP contribution in [0.3, 0.4) is 0 Å². The molecule has 0 saturated heterocycles. The third-order valence-corrected chi connectivity index (χ3v) is 6.17. The fourth-order valence-electron chi connectivity index (χ4n) is 4.16. The van der Waals surface area contributed by atoms with Gasteiger partial charge in [0, 0.05) is 24.5 Å². The van der Waals surface area contributed by atoms with Gasteiger partial charge in [-0.05, 0) is 54.5 Å². The van der Waals surface area contributed by atoms with Crippen LogP contribution in [0.15, 0.2) is 34.9 Å². The minimum absolute atomic E-state index is 0.139. The van der Waals surface area contributed by atoms with Crippen molar-refractivity contribution in [2.24, 2.45) is 5.41 Å². The van der Waals surface area contributed by atoms with Crippen molar-refractivity contribution in [3.63, 3.8) is 0 Å². The van der Waals surface area contributed by atoms with Gasteiger partial charge in [-0.15, -0.1) is 0 Å². The molecule has 0 spiro atoms. The second kappa shape index (κ2) is 11.8. The molecule has 0 aliphatic rings. The van der Waals surface area contributed by atoms with Crippen LogP contribution in [0.1, 0.15) is 57.4 Å². The van der Waals surface area contributed by atoms with Crippen LogP contribution in [0, 0.1) is 5.41 Å². The van der Waals surface area contributed by atoms with Crippen LogP contribution in [0.25, 0.3) is 11.0 Å². The first-order valence-electron chi connectivity index (χ1n) is 12.2. The Balaban J connectivity index is 1.62. The van der Waals surface area contributed by atoms with Crippen molar-refractivity contribution in [2.75, 3.05) is 32.2 Å². The summed E-state index contributed by atoms with van der Waals surface area (Å²) < 4.78 is 16.7. The summed E-state index contributed by atoms with van der Waals surface area (Å²) in [5.41, 5.74) is 4.84. The summed E-state index contributed by atoms with van der Waals surface area (Å²) in [7, 11) is 3.38. The Morgan fingerprint density at radius 1 is 1.20 bits per heavy atom. The lowest BCUT2D eigenvalue weighted by Crippen LogP contribution is -2.21. The van der Waals surface area contributed by atoms with Crippen LogP contribution < -0.4 is 9.64 Å². The van der Waals surface area contributed by atoms with Gasteiger partial charge in [0.05, 0.1) is 36.5 Å². The molecule has 1 heterocycles. The van der Waals surface area contributed by atoms with Crippen LogP contribution in [-0.2, 0) is 28.8 Å². The van der Waals surface area contributed by atoms with Crippen LogP contribution in [-0.4, -0.2) is 38.4 Å². The van der Waals surface area contributed by atoms with E-state index >= 15 is 0 Å². The van der Waals surface area contributed by atoms with E-state index in [1.807, 2.05) is 25.2 Å². The fourth-order valence-corrected chi connectivity index (χ4v) is 4.50. The number of aryl methyl sites for hydroxylation is 1. The number of benzene rings is 2. The topological polar surface area (TPSA) is 64.8 Å². The highest BCUT2D eigenvalue weighted by atomic mass is 35.5. The molecule has 6 nitrogen and oxygen atoms in total. The van der Waals surface area contributed by atoms with Gasteiger partial charge in [0.15, 0.2) is 5.58 Å². The normalized spacial score (nSPS) is 11.6. The zero-order valence-corrected chi connectivity index (χ0v) is 22.5. The maximum absolute atomic E-state index is 11.5. The lowest BCUT2D eigenvalue weighted by molar-refractivity contribution is -0.139. The zero-order chi connectivity index (χ0) is 25.6. The molecule has 0 N–H and O–H groups in total. The molecule has 0 atom stereocenters. The molecule has 3 rings (SSSR count). The number of carbonyl (C=O) groups excluding carboxylic acids is 1. The maximum Gasteiger partial charge on any atom is 0.309 e. The van der Waals surface area contributed by atoms with Crippen LogP contribution in [0.4, 0.5) is 5.69 Å². The van der Waals surface area contributed by atoms with Gasteiger partial charge in [-0.2, -0.15) is 0 Å². The second-order valence-corrected chi connectivity index (χ2v) is 10.6. The summed E-state index contributed by atoms with van der Waals surface area (Å²) in [6.45, 7) is 10.1. The number of aromatic nitrogens is 1. The summed E-state index contributed by atoms with van der Waals surface area (Å²) in [5.74, 6) is 0.585. The second-order valence-electron chi connectivity index (χ2n) is 10.2. The van der Waals surface area contributed by atoms with E-state index in [0.717, 1.165) is 71.5 Å². The standard InChI is InChI=1S/C28H37ClN2O4/c1-7-9-21-25(13-11-20-23(18-28(2,3)4)30-35-27(20)21)34-15-8-14-31(5)24-12-10-19(16-22(24)29)17-26(32)33-6/h10-13,16H,7-9,14-15,17-18H2,1-6H3. The third-order valence-electron chi connectivity index (χ3n) is 5.87. The molecule has 0 aliphatic heterocycles. The van der Waals surface area contributed by atoms with Gasteiger partial charge >= 0.3 is 5.97 Å². The predicted octanol–water partition coefficient (Wildman–Crippen LogP) is 6.64. The van der Waals surface area contributed by atoms with Crippen molar-refractivity contribution in [2.45, 2.75) is 59.8 Å². The van der Waals surface area contributed by atoms with Gasteiger partial charge in [0.2, 0.25) is 0 Å². The Morgan fingerprint density at radius 2 is 1.97 bits per heavy atom. The van der Waals surface area contributed by atoms with Gasteiger partial charge in [-0.3, -0.25) is 4.79 Å². The number of fused-ring (bicyclic) bond motifs is 1. The SMILES string of the molecule is CCCc1c(OCCCN(C)c2ccc(CC(=O)OC)cc2Cl)ccc2c(CC(C)(C)C)noc12. The van der Waals surface area contributed by atoms with Gasteiger partial charge in [-0.1, -0.05) is 56.9 Å². The Hall–Kier alpha value is -2.73. The highest BCUT2D eigenvalue weighted by molar-refractivity contribution is 6.33. The highest BCUT2D eigenvalue weighted by Crippen LogP contribution is 2.34. The molecule has 0 radical (unpaired) electrons. The number of anilines is 1. The van der Waals surface area contributed by atoms with E-state index in [4.69, 9.17) is 25.6 Å². The minimum atomic E-state index is -0.282. The van der Waals surface area contributed by atoms with Crippen molar-refractivity contribution < 1.29 is 18.8 Å². The number of methoxy groups -OCH3 is 1. The van der Waals surface area contributed by atoms with E-state index in [9.17, 15) is 4.79 Å². The Morgan fingerprint density at radius 3 is 2.63 bits per heavy atom. The third kappa shape index (κ3) is 7.14. The van der Waals surface area contributed by atoms with Gasteiger partial charge in [-0.25, -0.2) is 0 Å². The van der Waals surface area contributed by atoms with Gasteiger partial charge < -0.3 is 18.9 Å². The average molecular weight is 501 g/mol. The van der Waals surface area contributed by atoms with Gasteiger partial charge in [0.1, 0.15) is 5.75 Å². The zero-order valence-electron chi connectivity index (χ0n) is 21.7. The molecule has 0 saturated carbocycles. The molecular formula is C28H37ClN2O4. The smallest absolute Gasteiger partial charge is 0.309 e. The molecule has 0 bridgehead atoms. The summed E-state index contributed by atoms with van der Waals surface area (Å²) in [6, 6.07) is 9.79. The molecule has 0 fully saturated rings. The van der Waals surface area contributed by atoms with Crippen LogP contribution >= 0.6 is 11.6 Å². The van der Waals surface area contributed by atoms with Crippen LogP contribution in [0.2, 0.25) is 5.02 Å². The molecule has 1 aromatic heterocycles. The molecular weight excluding hydrogens is 464 g/mol. The van der Waals surface area contributed by atoms with E-state index in [1.54, 1.807) is 0 Å². The number of carbonyl (C=O) groups is 1. The molecule has 0 amide bonds. The summed E-state index contributed by atoms with van der Waals surface area (Å²) >= 11 is 6.47. The average Bonchev–Trinajstić information content (AvgIpc) is 3.19. The lowest BCUT2D eigenvalue weighted by Gasteiger charge is -2.21. The quantitative estimate of drug-likeness (QED) is 0.217. The van der Waals surface area contributed by atoms with E-state index < -0.39 is 0 Å². The van der Waals surface area contributed by atoms with Crippen molar-refractivity contribution in [1.29, 1.82) is 0 Å². The number of nitrogens with zero attached hydrogens (tertiary/aromatic N) is 2. The molecule has 190 valence electrons. The monoisotopic (exact) mass is 500 g/mol. The Bertz CT molecular complexity index is 1150. The first-order valence-corrected chi connectivity index (χ1v) is 12.6.